The highest BCUT2D eigenvalue weighted by molar-refractivity contribution is 5.56. The first-order valence-corrected chi connectivity index (χ1v) is 8.25. The number of aromatic nitrogens is 2. The van der Waals surface area contributed by atoms with Crippen molar-refractivity contribution < 1.29 is 0 Å². The standard InChI is InChI=1S/C17H26N4/c1-3-14-8-11-20(12-9-14)17-15(13-18-4-2)21-10-6-5-7-16(21)19-17/h5-7,10,14,18H,3-4,8-9,11-13H2,1-2H3. The highest BCUT2D eigenvalue weighted by Gasteiger charge is 2.23. The topological polar surface area (TPSA) is 32.6 Å². The van der Waals surface area contributed by atoms with Crippen LogP contribution in [0, 0.1) is 5.92 Å². The van der Waals surface area contributed by atoms with Crippen molar-refractivity contribution in [2.24, 2.45) is 5.92 Å². The Kier molecular flexibility index (Phi) is 4.44. The molecule has 1 aliphatic heterocycles. The van der Waals surface area contributed by atoms with Crippen molar-refractivity contribution in [3.63, 3.8) is 0 Å². The molecule has 1 aliphatic rings. The van der Waals surface area contributed by atoms with E-state index in [-0.39, 0.29) is 0 Å². The molecule has 0 saturated carbocycles. The maximum absolute atomic E-state index is 4.89. The van der Waals surface area contributed by atoms with E-state index in [1.807, 2.05) is 0 Å². The molecule has 0 radical (unpaired) electrons. The lowest BCUT2D eigenvalue weighted by atomic mass is 9.94. The fourth-order valence-electron chi connectivity index (χ4n) is 3.25. The fraction of sp³-hybridized carbons (Fsp3) is 0.588. The second kappa shape index (κ2) is 6.48. The van der Waals surface area contributed by atoms with Gasteiger partial charge in [-0.3, -0.25) is 0 Å². The molecule has 3 rings (SSSR count). The van der Waals surface area contributed by atoms with Gasteiger partial charge in [0.2, 0.25) is 0 Å². The van der Waals surface area contributed by atoms with Crippen LogP contribution in [0.25, 0.3) is 5.65 Å². The first kappa shape index (κ1) is 14.4. The lowest BCUT2D eigenvalue weighted by Gasteiger charge is -2.32. The third kappa shape index (κ3) is 2.91. The van der Waals surface area contributed by atoms with Crippen molar-refractivity contribution in [1.82, 2.24) is 14.7 Å². The molecule has 0 spiro atoms. The maximum Gasteiger partial charge on any atom is 0.152 e. The molecule has 114 valence electrons. The number of fused-ring (bicyclic) bond motifs is 1. The molecule has 0 amide bonds. The van der Waals surface area contributed by atoms with Crippen molar-refractivity contribution >= 4 is 11.5 Å². The summed E-state index contributed by atoms with van der Waals surface area (Å²) in [6, 6.07) is 6.24. The number of hydrogen-bond donors (Lipinski definition) is 1. The van der Waals surface area contributed by atoms with E-state index in [1.54, 1.807) is 0 Å². The van der Waals surface area contributed by atoms with Crippen LogP contribution >= 0.6 is 0 Å². The van der Waals surface area contributed by atoms with Gasteiger partial charge in [0.25, 0.3) is 0 Å². The lowest BCUT2D eigenvalue weighted by Crippen LogP contribution is -2.34. The van der Waals surface area contributed by atoms with Crippen molar-refractivity contribution in [1.29, 1.82) is 0 Å². The van der Waals surface area contributed by atoms with Crippen LogP contribution < -0.4 is 10.2 Å². The van der Waals surface area contributed by atoms with E-state index in [9.17, 15) is 0 Å². The Morgan fingerprint density at radius 1 is 1.24 bits per heavy atom. The second-order valence-electron chi connectivity index (χ2n) is 5.93. The minimum Gasteiger partial charge on any atom is -0.355 e. The first-order chi connectivity index (χ1) is 10.3. The number of rotatable bonds is 5. The van der Waals surface area contributed by atoms with Gasteiger partial charge in [0.1, 0.15) is 5.65 Å². The average molecular weight is 286 g/mol. The maximum atomic E-state index is 4.89. The normalized spacial score (nSPS) is 16.8. The Balaban J connectivity index is 1.90. The SMILES string of the molecule is CCNCc1c(N2CCC(CC)CC2)nc2ccccn12. The molecule has 1 fully saturated rings. The molecule has 0 bridgehead atoms. The molecule has 2 aromatic heterocycles. The number of imidazole rings is 1. The highest BCUT2D eigenvalue weighted by atomic mass is 15.2. The fourth-order valence-corrected chi connectivity index (χ4v) is 3.25. The summed E-state index contributed by atoms with van der Waals surface area (Å²) in [5.41, 5.74) is 2.35. The summed E-state index contributed by atoms with van der Waals surface area (Å²) in [6.45, 7) is 8.60. The summed E-state index contributed by atoms with van der Waals surface area (Å²) in [4.78, 5) is 7.37. The summed E-state index contributed by atoms with van der Waals surface area (Å²) in [6.07, 6.45) is 6.02. The minimum atomic E-state index is 0.880. The van der Waals surface area contributed by atoms with Crippen LogP contribution in [-0.2, 0) is 6.54 Å². The average Bonchev–Trinajstić information content (AvgIpc) is 2.91. The van der Waals surface area contributed by atoms with Crippen LogP contribution in [0.3, 0.4) is 0 Å². The molecule has 4 heteroatoms. The van der Waals surface area contributed by atoms with Gasteiger partial charge in [0.15, 0.2) is 5.82 Å². The van der Waals surface area contributed by atoms with E-state index in [0.717, 1.165) is 37.7 Å². The molecule has 4 nitrogen and oxygen atoms in total. The van der Waals surface area contributed by atoms with Crippen molar-refractivity contribution in [3.05, 3.63) is 30.1 Å². The number of piperidine rings is 1. The Bertz CT molecular complexity index is 581. The van der Waals surface area contributed by atoms with Crippen molar-refractivity contribution in [3.8, 4) is 0 Å². The quantitative estimate of drug-likeness (QED) is 0.917. The Labute approximate surface area is 127 Å². The molecule has 21 heavy (non-hydrogen) atoms. The zero-order valence-corrected chi connectivity index (χ0v) is 13.2. The third-order valence-electron chi connectivity index (χ3n) is 4.64. The number of hydrogen-bond acceptors (Lipinski definition) is 3. The van der Waals surface area contributed by atoms with Gasteiger partial charge in [-0.05, 0) is 37.4 Å². The van der Waals surface area contributed by atoms with E-state index in [1.165, 1.54) is 30.8 Å². The molecule has 1 N–H and O–H groups in total. The molecule has 0 aliphatic carbocycles. The van der Waals surface area contributed by atoms with Crippen molar-refractivity contribution in [2.75, 3.05) is 24.5 Å². The molecule has 0 aromatic carbocycles. The highest BCUT2D eigenvalue weighted by Crippen LogP contribution is 2.27. The van der Waals surface area contributed by atoms with Crippen molar-refractivity contribution in [2.45, 2.75) is 39.7 Å². The van der Waals surface area contributed by atoms with Crippen LogP contribution in [-0.4, -0.2) is 29.0 Å². The molecule has 2 aromatic rings. The van der Waals surface area contributed by atoms with E-state index in [4.69, 9.17) is 4.98 Å². The number of pyridine rings is 1. The van der Waals surface area contributed by atoms with E-state index in [0.29, 0.717) is 0 Å². The minimum absolute atomic E-state index is 0.880. The largest absolute Gasteiger partial charge is 0.355 e. The summed E-state index contributed by atoms with van der Waals surface area (Å²) >= 11 is 0. The van der Waals surface area contributed by atoms with Gasteiger partial charge >= 0.3 is 0 Å². The summed E-state index contributed by atoms with van der Waals surface area (Å²) in [5.74, 6) is 2.08. The van der Waals surface area contributed by atoms with Gasteiger partial charge in [-0.1, -0.05) is 26.3 Å². The van der Waals surface area contributed by atoms with Gasteiger partial charge in [0, 0.05) is 25.8 Å². The van der Waals surface area contributed by atoms with Crippen LogP contribution in [0.5, 0.6) is 0 Å². The molecular weight excluding hydrogens is 260 g/mol. The monoisotopic (exact) mass is 286 g/mol. The van der Waals surface area contributed by atoms with Gasteiger partial charge in [-0.15, -0.1) is 0 Å². The summed E-state index contributed by atoms with van der Waals surface area (Å²) in [5, 5.41) is 3.45. The second-order valence-corrected chi connectivity index (χ2v) is 5.93. The Hall–Kier alpha value is -1.55. The van der Waals surface area contributed by atoms with E-state index in [2.05, 4.69) is 52.9 Å². The summed E-state index contributed by atoms with van der Waals surface area (Å²) in [7, 11) is 0. The predicted molar refractivity (Wildman–Crippen MR) is 87.8 cm³/mol. The lowest BCUT2D eigenvalue weighted by molar-refractivity contribution is 0.393. The zero-order valence-electron chi connectivity index (χ0n) is 13.2. The third-order valence-corrected chi connectivity index (χ3v) is 4.64. The van der Waals surface area contributed by atoms with Crippen LogP contribution in [0.2, 0.25) is 0 Å². The van der Waals surface area contributed by atoms with Crippen LogP contribution in [0.1, 0.15) is 38.8 Å². The summed E-state index contributed by atoms with van der Waals surface area (Å²) < 4.78 is 2.23. The smallest absolute Gasteiger partial charge is 0.152 e. The molecular formula is C17H26N4. The van der Waals surface area contributed by atoms with Gasteiger partial charge < -0.3 is 14.6 Å². The molecule has 0 unspecified atom stereocenters. The number of nitrogens with one attached hydrogen (secondary N) is 1. The zero-order chi connectivity index (χ0) is 14.7. The van der Waals surface area contributed by atoms with E-state index < -0.39 is 0 Å². The van der Waals surface area contributed by atoms with Crippen LogP contribution in [0.15, 0.2) is 24.4 Å². The van der Waals surface area contributed by atoms with E-state index >= 15 is 0 Å². The van der Waals surface area contributed by atoms with Gasteiger partial charge in [-0.25, -0.2) is 4.98 Å². The number of nitrogens with zero attached hydrogens (tertiary/aromatic N) is 3. The Morgan fingerprint density at radius 3 is 2.76 bits per heavy atom. The molecule has 0 atom stereocenters. The van der Waals surface area contributed by atoms with Gasteiger partial charge in [-0.2, -0.15) is 0 Å². The first-order valence-electron chi connectivity index (χ1n) is 8.25. The molecule has 1 saturated heterocycles. The van der Waals surface area contributed by atoms with Gasteiger partial charge in [0.05, 0.1) is 5.69 Å². The molecule has 3 heterocycles. The number of anilines is 1. The van der Waals surface area contributed by atoms with Crippen LogP contribution in [0.4, 0.5) is 5.82 Å². The predicted octanol–water partition coefficient (Wildman–Crippen LogP) is 3.07. The Morgan fingerprint density at radius 2 is 2.05 bits per heavy atom.